The van der Waals surface area contributed by atoms with Crippen molar-refractivity contribution >= 4 is 24.1 Å². The van der Waals surface area contributed by atoms with Gasteiger partial charge >= 0.3 is 6.09 Å². The SMILES string of the molecule is CC(=O)NC[C@H]1CN(c2ccc(C3CN(C=O)C3)c(F)c2)C(=O)O1. The molecule has 0 unspecified atom stereocenters. The first-order valence-corrected chi connectivity index (χ1v) is 7.69. The number of nitrogens with one attached hydrogen (secondary N) is 1. The van der Waals surface area contributed by atoms with Crippen molar-refractivity contribution in [1.82, 2.24) is 10.2 Å². The Morgan fingerprint density at radius 2 is 2.17 bits per heavy atom. The Kier molecular flexibility index (Phi) is 4.37. The third-order valence-electron chi connectivity index (χ3n) is 4.25. The molecule has 1 aromatic carbocycles. The second-order valence-corrected chi connectivity index (χ2v) is 6.02. The normalized spacial score (nSPS) is 20.6. The van der Waals surface area contributed by atoms with Crippen LogP contribution in [0.3, 0.4) is 0 Å². The zero-order chi connectivity index (χ0) is 17.3. The van der Waals surface area contributed by atoms with Gasteiger partial charge in [0.1, 0.15) is 11.9 Å². The number of hydrogen-bond acceptors (Lipinski definition) is 4. The van der Waals surface area contributed by atoms with Gasteiger partial charge in [0.2, 0.25) is 12.3 Å². The highest BCUT2D eigenvalue weighted by Gasteiger charge is 2.34. The van der Waals surface area contributed by atoms with Gasteiger partial charge in [-0.2, -0.15) is 0 Å². The number of likely N-dealkylation sites (tertiary alicyclic amines) is 1. The summed E-state index contributed by atoms with van der Waals surface area (Å²) in [6.45, 7) is 2.87. The number of nitrogens with zero attached hydrogens (tertiary/aromatic N) is 2. The first kappa shape index (κ1) is 16.2. The van der Waals surface area contributed by atoms with E-state index in [2.05, 4.69) is 5.32 Å². The molecular weight excluding hydrogens is 317 g/mol. The average molecular weight is 335 g/mol. The lowest BCUT2D eigenvalue weighted by molar-refractivity contribution is -0.122. The molecule has 2 fully saturated rings. The molecule has 0 aliphatic carbocycles. The number of ether oxygens (including phenoxy) is 1. The Morgan fingerprint density at radius 1 is 1.42 bits per heavy atom. The number of anilines is 1. The summed E-state index contributed by atoms with van der Waals surface area (Å²) < 4.78 is 19.5. The Labute approximate surface area is 138 Å². The molecule has 7 nitrogen and oxygen atoms in total. The summed E-state index contributed by atoms with van der Waals surface area (Å²) in [6.07, 6.45) is -0.275. The molecule has 2 aliphatic rings. The third kappa shape index (κ3) is 3.17. The molecule has 0 bridgehead atoms. The Balaban J connectivity index is 1.67. The van der Waals surface area contributed by atoms with Crippen LogP contribution >= 0.6 is 0 Å². The fraction of sp³-hybridized carbons (Fsp3) is 0.438. The summed E-state index contributed by atoms with van der Waals surface area (Å²) >= 11 is 0. The molecule has 128 valence electrons. The van der Waals surface area contributed by atoms with Gasteiger partial charge in [-0.25, -0.2) is 9.18 Å². The van der Waals surface area contributed by atoms with Gasteiger partial charge in [-0.1, -0.05) is 6.07 Å². The van der Waals surface area contributed by atoms with E-state index in [0.717, 1.165) is 6.41 Å². The van der Waals surface area contributed by atoms with Crippen molar-refractivity contribution in [2.75, 3.05) is 31.1 Å². The minimum atomic E-state index is -0.562. The fourth-order valence-electron chi connectivity index (χ4n) is 2.91. The summed E-state index contributed by atoms with van der Waals surface area (Å²) in [7, 11) is 0. The first-order valence-electron chi connectivity index (χ1n) is 7.69. The van der Waals surface area contributed by atoms with Gasteiger partial charge in [0.15, 0.2) is 0 Å². The quantitative estimate of drug-likeness (QED) is 0.809. The minimum Gasteiger partial charge on any atom is -0.442 e. The second-order valence-electron chi connectivity index (χ2n) is 6.02. The van der Waals surface area contributed by atoms with Crippen LogP contribution in [-0.2, 0) is 14.3 Å². The molecule has 1 N–H and O–H groups in total. The van der Waals surface area contributed by atoms with Crippen molar-refractivity contribution in [3.63, 3.8) is 0 Å². The van der Waals surface area contributed by atoms with E-state index in [1.807, 2.05) is 0 Å². The van der Waals surface area contributed by atoms with Crippen molar-refractivity contribution in [1.29, 1.82) is 0 Å². The van der Waals surface area contributed by atoms with Crippen LogP contribution in [0.2, 0.25) is 0 Å². The Bertz CT molecular complexity index is 675. The van der Waals surface area contributed by atoms with Gasteiger partial charge in [-0.3, -0.25) is 14.5 Å². The number of carbonyl (C=O) groups is 3. The highest BCUT2D eigenvalue weighted by Crippen LogP contribution is 2.31. The van der Waals surface area contributed by atoms with Crippen molar-refractivity contribution in [3.8, 4) is 0 Å². The highest BCUT2D eigenvalue weighted by molar-refractivity contribution is 5.89. The van der Waals surface area contributed by atoms with Crippen molar-refractivity contribution in [2.45, 2.75) is 18.9 Å². The van der Waals surface area contributed by atoms with Crippen LogP contribution in [0.4, 0.5) is 14.9 Å². The lowest BCUT2D eigenvalue weighted by Gasteiger charge is -2.36. The van der Waals surface area contributed by atoms with Crippen molar-refractivity contribution in [3.05, 3.63) is 29.6 Å². The minimum absolute atomic E-state index is 0.0118. The van der Waals surface area contributed by atoms with Crippen molar-refractivity contribution in [2.24, 2.45) is 0 Å². The van der Waals surface area contributed by atoms with Gasteiger partial charge in [0.25, 0.3) is 0 Å². The fourth-order valence-corrected chi connectivity index (χ4v) is 2.91. The predicted octanol–water partition coefficient (Wildman–Crippen LogP) is 0.843. The molecule has 0 radical (unpaired) electrons. The molecule has 24 heavy (non-hydrogen) atoms. The molecule has 2 heterocycles. The van der Waals surface area contributed by atoms with Crippen molar-refractivity contribution < 1.29 is 23.5 Å². The highest BCUT2D eigenvalue weighted by atomic mass is 19.1. The van der Waals surface area contributed by atoms with E-state index in [-0.39, 0.29) is 24.9 Å². The Morgan fingerprint density at radius 3 is 2.79 bits per heavy atom. The third-order valence-corrected chi connectivity index (χ3v) is 4.25. The van der Waals surface area contributed by atoms with Crippen LogP contribution in [0.15, 0.2) is 18.2 Å². The topological polar surface area (TPSA) is 79.0 Å². The largest absolute Gasteiger partial charge is 0.442 e. The molecule has 0 aromatic heterocycles. The van der Waals surface area contributed by atoms with Gasteiger partial charge in [0, 0.05) is 25.9 Å². The van der Waals surface area contributed by atoms with E-state index in [1.54, 1.807) is 17.0 Å². The summed E-state index contributed by atoms with van der Waals surface area (Å²) in [5, 5.41) is 2.59. The number of hydrogen-bond donors (Lipinski definition) is 1. The Hall–Kier alpha value is -2.64. The smallest absolute Gasteiger partial charge is 0.414 e. The van der Waals surface area contributed by atoms with Crippen LogP contribution in [0, 0.1) is 5.82 Å². The molecule has 0 saturated carbocycles. The molecule has 0 spiro atoms. The van der Waals surface area contributed by atoms with Gasteiger partial charge < -0.3 is 15.0 Å². The molecule has 1 atom stereocenters. The number of benzene rings is 1. The lowest BCUT2D eigenvalue weighted by atomic mass is 9.91. The standard InChI is InChI=1S/C16H18FN3O4/c1-10(22)18-5-13-8-20(16(23)24-13)12-2-3-14(15(17)4-12)11-6-19(7-11)9-21/h2-4,9,11,13H,5-8H2,1H3,(H,18,22)/t13-/m0/s1. The molecular formula is C16H18FN3O4. The second kappa shape index (κ2) is 6.46. The van der Waals surface area contributed by atoms with Crippen LogP contribution in [0.25, 0.3) is 0 Å². The van der Waals surface area contributed by atoms with E-state index in [9.17, 15) is 18.8 Å². The zero-order valence-electron chi connectivity index (χ0n) is 13.2. The molecule has 8 heteroatoms. The summed E-state index contributed by atoms with van der Waals surface area (Å²) in [5.74, 6) is -0.617. The number of amides is 3. The number of halogens is 1. The van der Waals surface area contributed by atoms with E-state index in [4.69, 9.17) is 4.74 Å². The maximum atomic E-state index is 14.3. The maximum Gasteiger partial charge on any atom is 0.414 e. The van der Waals surface area contributed by atoms with Crippen LogP contribution in [0.5, 0.6) is 0 Å². The van der Waals surface area contributed by atoms with Gasteiger partial charge in [0.05, 0.1) is 18.8 Å². The monoisotopic (exact) mass is 335 g/mol. The average Bonchev–Trinajstić information content (AvgIpc) is 2.86. The molecule has 2 saturated heterocycles. The first-order chi connectivity index (χ1) is 11.5. The summed E-state index contributed by atoms with van der Waals surface area (Å²) in [6, 6.07) is 4.62. The number of cyclic esters (lactones) is 1. The van der Waals surface area contributed by atoms with Crippen LogP contribution in [-0.4, -0.2) is 55.6 Å². The maximum absolute atomic E-state index is 14.3. The van der Waals surface area contributed by atoms with E-state index >= 15 is 0 Å². The van der Waals surface area contributed by atoms with Crippen LogP contribution < -0.4 is 10.2 Å². The zero-order valence-corrected chi connectivity index (χ0v) is 13.2. The molecule has 1 aromatic rings. The predicted molar refractivity (Wildman–Crippen MR) is 83.1 cm³/mol. The molecule has 3 amide bonds. The van der Waals surface area contributed by atoms with Gasteiger partial charge in [-0.05, 0) is 17.7 Å². The van der Waals surface area contributed by atoms with E-state index < -0.39 is 18.0 Å². The lowest BCUT2D eigenvalue weighted by Crippen LogP contribution is -2.44. The van der Waals surface area contributed by atoms with E-state index in [0.29, 0.717) is 24.3 Å². The van der Waals surface area contributed by atoms with Gasteiger partial charge in [-0.15, -0.1) is 0 Å². The molecule has 2 aliphatic heterocycles. The summed E-state index contributed by atoms with van der Waals surface area (Å²) in [5.41, 5.74) is 0.956. The number of rotatable bonds is 5. The summed E-state index contributed by atoms with van der Waals surface area (Å²) in [4.78, 5) is 36.4. The van der Waals surface area contributed by atoms with E-state index in [1.165, 1.54) is 17.9 Å². The molecule has 3 rings (SSSR count). The van der Waals surface area contributed by atoms with Crippen LogP contribution in [0.1, 0.15) is 18.4 Å². The number of carbonyl (C=O) groups excluding carboxylic acids is 3.